The molecule has 0 aliphatic rings. The van der Waals surface area contributed by atoms with Crippen LogP contribution in [0, 0.1) is 0 Å². The lowest BCUT2D eigenvalue weighted by Gasteiger charge is -2.16. The first-order valence-electron chi connectivity index (χ1n) is 6.77. The second kappa shape index (κ2) is 6.89. The van der Waals surface area contributed by atoms with Gasteiger partial charge in [-0.3, -0.25) is 0 Å². The Balaban J connectivity index is 1.78. The molecular formula is C14H12Cl2N6O. The predicted octanol–water partition coefficient (Wildman–Crippen LogP) is 2.90. The van der Waals surface area contributed by atoms with Crippen LogP contribution in [0.15, 0.2) is 36.9 Å². The molecule has 0 N–H and O–H groups in total. The average molecular weight is 351 g/mol. The van der Waals surface area contributed by atoms with Crippen LogP contribution < -0.4 is 4.74 Å². The summed E-state index contributed by atoms with van der Waals surface area (Å²) in [5.41, 5.74) is 1.71. The van der Waals surface area contributed by atoms with Crippen LogP contribution in [0.2, 0.25) is 10.3 Å². The van der Waals surface area contributed by atoms with Crippen LogP contribution in [-0.4, -0.2) is 36.3 Å². The van der Waals surface area contributed by atoms with E-state index in [1.165, 1.54) is 6.33 Å². The number of benzene rings is 1. The molecule has 0 spiro atoms. The molecule has 23 heavy (non-hydrogen) atoms. The third-order valence-corrected chi connectivity index (χ3v) is 3.56. The first-order chi connectivity index (χ1) is 11.1. The molecule has 0 saturated carbocycles. The van der Waals surface area contributed by atoms with E-state index in [0.717, 1.165) is 11.1 Å². The third-order valence-electron chi connectivity index (χ3n) is 3.05. The molecule has 3 rings (SSSR count). The summed E-state index contributed by atoms with van der Waals surface area (Å²) in [5.74, 6) is 0.569. The minimum absolute atomic E-state index is 0.160. The Morgan fingerprint density at radius 1 is 1.17 bits per heavy atom. The van der Waals surface area contributed by atoms with E-state index < -0.39 is 0 Å². The van der Waals surface area contributed by atoms with Gasteiger partial charge < -0.3 is 4.74 Å². The fourth-order valence-corrected chi connectivity index (χ4v) is 2.28. The van der Waals surface area contributed by atoms with Crippen LogP contribution in [0.5, 0.6) is 5.75 Å². The lowest BCUT2D eigenvalue weighted by Crippen LogP contribution is -2.20. The molecule has 0 aliphatic heterocycles. The SMILES string of the molecule is C[C@@H](Cn1cnnn1)Oc1cc(-c2cnc(Cl)nc2)ccc1Cl. The van der Waals surface area contributed by atoms with Gasteiger partial charge in [0.05, 0.1) is 11.6 Å². The lowest BCUT2D eigenvalue weighted by atomic mass is 10.1. The molecular weight excluding hydrogens is 339 g/mol. The monoisotopic (exact) mass is 350 g/mol. The van der Waals surface area contributed by atoms with Gasteiger partial charge in [-0.05, 0) is 46.6 Å². The van der Waals surface area contributed by atoms with Crippen LogP contribution in [-0.2, 0) is 6.54 Å². The molecule has 2 heterocycles. The highest BCUT2D eigenvalue weighted by molar-refractivity contribution is 6.32. The Kier molecular flexibility index (Phi) is 4.68. The van der Waals surface area contributed by atoms with Gasteiger partial charge in [0.1, 0.15) is 18.2 Å². The fourth-order valence-electron chi connectivity index (χ4n) is 2.02. The van der Waals surface area contributed by atoms with Gasteiger partial charge in [-0.25, -0.2) is 14.6 Å². The summed E-state index contributed by atoms with van der Waals surface area (Å²) >= 11 is 11.9. The molecule has 0 aliphatic carbocycles. The molecule has 1 aromatic carbocycles. The largest absolute Gasteiger partial charge is 0.487 e. The number of nitrogens with zero attached hydrogens (tertiary/aromatic N) is 6. The Bertz CT molecular complexity index is 778. The van der Waals surface area contributed by atoms with E-state index >= 15 is 0 Å². The Morgan fingerprint density at radius 3 is 2.65 bits per heavy atom. The van der Waals surface area contributed by atoms with Crippen molar-refractivity contribution in [2.45, 2.75) is 19.6 Å². The zero-order chi connectivity index (χ0) is 16.2. The molecule has 7 nitrogen and oxygen atoms in total. The van der Waals surface area contributed by atoms with E-state index in [4.69, 9.17) is 27.9 Å². The van der Waals surface area contributed by atoms with E-state index in [1.54, 1.807) is 23.1 Å². The summed E-state index contributed by atoms with van der Waals surface area (Å²) in [6.07, 6.45) is 4.66. The van der Waals surface area contributed by atoms with Crippen molar-refractivity contribution in [1.29, 1.82) is 0 Å². The zero-order valence-corrected chi connectivity index (χ0v) is 13.6. The van der Waals surface area contributed by atoms with E-state index in [-0.39, 0.29) is 11.4 Å². The van der Waals surface area contributed by atoms with E-state index in [0.29, 0.717) is 17.3 Å². The van der Waals surface area contributed by atoms with E-state index in [2.05, 4.69) is 25.5 Å². The molecule has 3 aromatic rings. The smallest absolute Gasteiger partial charge is 0.222 e. The minimum Gasteiger partial charge on any atom is -0.487 e. The maximum Gasteiger partial charge on any atom is 0.222 e. The molecule has 9 heteroatoms. The van der Waals surface area contributed by atoms with Gasteiger partial charge in [0.2, 0.25) is 5.28 Å². The van der Waals surface area contributed by atoms with Gasteiger partial charge in [-0.1, -0.05) is 17.7 Å². The number of hydrogen-bond acceptors (Lipinski definition) is 6. The van der Waals surface area contributed by atoms with Crippen molar-refractivity contribution in [2.75, 3.05) is 0 Å². The summed E-state index contributed by atoms with van der Waals surface area (Å²) in [6, 6.07) is 5.48. The van der Waals surface area contributed by atoms with Crippen molar-refractivity contribution >= 4 is 23.2 Å². The van der Waals surface area contributed by atoms with Crippen molar-refractivity contribution < 1.29 is 4.74 Å². The second-order valence-electron chi connectivity index (χ2n) is 4.85. The Morgan fingerprint density at radius 2 is 1.96 bits per heavy atom. The van der Waals surface area contributed by atoms with Gasteiger partial charge in [0, 0.05) is 18.0 Å². The summed E-state index contributed by atoms with van der Waals surface area (Å²) < 4.78 is 7.48. The molecule has 0 amide bonds. The number of ether oxygens (including phenoxy) is 1. The topological polar surface area (TPSA) is 78.6 Å². The first kappa shape index (κ1) is 15.6. The Hall–Kier alpha value is -2.25. The lowest BCUT2D eigenvalue weighted by molar-refractivity contribution is 0.193. The number of halogens is 2. The predicted molar refractivity (Wildman–Crippen MR) is 85.4 cm³/mol. The van der Waals surface area contributed by atoms with Crippen LogP contribution in [0.1, 0.15) is 6.92 Å². The van der Waals surface area contributed by atoms with Gasteiger partial charge in [-0.15, -0.1) is 5.10 Å². The van der Waals surface area contributed by atoms with Gasteiger partial charge in [0.25, 0.3) is 0 Å². The van der Waals surface area contributed by atoms with Crippen molar-refractivity contribution in [3.05, 3.63) is 47.2 Å². The van der Waals surface area contributed by atoms with Crippen LogP contribution >= 0.6 is 23.2 Å². The van der Waals surface area contributed by atoms with Crippen LogP contribution in [0.25, 0.3) is 11.1 Å². The molecule has 0 fully saturated rings. The number of tetrazole rings is 1. The maximum absolute atomic E-state index is 6.21. The number of rotatable bonds is 5. The van der Waals surface area contributed by atoms with Gasteiger partial charge in [-0.2, -0.15) is 0 Å². The minimum atomic E-state index is -0.160. The summed E-state index contributed by atoms with van der Waals surface area (Å²) in [6.45, 7) is 2.42. The molecule has 0 unspecified atom stereocenters. The molecule has 118 valence electrons. The van der Waals surface area contributed by atoms with Crippen molar-refractivity contribution in [3.63, 3.8) is 0 Å². The summed E-state index contributed by atoms with van der Waals surface area (Å²) in [4.78, 5) is 7.95. The van der Waals surface area contributed by atoms with E-state index in [9.17, 15) is 0 Å². The highest BCUT2D eigenvalue weighted by Crippen LogP contribution is 2.31. The van der Waals surface area contributed by atoms with Crippen molar-refractivity contribution in [2.24, 2.45) is 0 Å². The molecule has 2 aromatic heterocycles. The average Bonchev–Trinajstić information content (AvgIpc) is 3.03. The highest BCUT2D eigenvalue weighted by Gasteiger charge is 2.11. The number of aromatic nitrogens is 6. The zero-order valence-electron chi connectivity index (χ0n) is 12.1. The maximum atomic E-state index is 6.21. The second-order valence-corrected chi connectivity index (χ2v) is 5.59. The molecule has 0 radical (unpaired) electrons. The fraction of sp³-hybridized carbons (Fsp3) is 0.214. The molecule has 1 atom stereocenters. The highest BCUT2D eigenvalue weighted by atomic mass is 35.5. The number of hydrogen-bond donors (Lipinski definition) is 0. The standard InChI is InChI=1S/C14H12Cl2N6O/c1-9(7-22-8-19-20-21-22)23-13-4-10(2-3-12(13)15)11-5-17-14(16)18-6-11/h2-6,8-9H,7H2,1H3/t9-/m0/s1. The van der Waals surface area contributed by atoms with Gasteiger partial charge >= 0.3 is 0 Å². The van der Waals surface area contributed by atoms with Crippen molar-refractivity contribution in [1.82, 2.24) is 30.2 Å². The summed E-state index contributed by atoms with van der Waals surface area (Å²) in [7, 11) is 0. The van der Waals surface area contributed by atoms with Crippen LogP contribution in [0.4, 0.5) is 0 Å². The van der Waals surface area contributed by atoms with Gasteiger partial charge in [0.15, 0.2) is 0 Å². The third kappa shape index (κ3) is 3.94. The molecule has 0 bridgehead atoms. The van der Waals surface area contributed by atoms with Crippen LogP contribution in [0.3, 0.4) is 0 Å². The molecule has 0 saturated heterocycles. The van der Waals surface area contributed by atoms with E-state index in [1.807, 2.05) is 19.1 Å². The normalized spacial score (nSPS) is 12.1. The summed E-state index contributed by atoms with van der Waals surface area (Å²) in [5, 5.41) is 11.7. The quantitative estimate of drug-likeness (QED) is 0.658. The Labute approximate surface area is 142 Å². The first-order valence-corrected chi connectivity index (χ1v) is 7.52. The van der Waals surface area contributed by atoms with Crippen molar-refractivity contribution in [3.8, 4) is 16.9 Å².